The van der Waals surface area contributed by atoms with Crippen LogP contribution >= 0.6 is 0 Å². The maximum atomic E-state index is 6.09. The molecule has 0 bridgehead atoms. The van der Waals surface area contributed by atoms with Gasteiger partial charge in [-0.25, -0.2) is 4.98 Å². The van der Waals surface area contributed by atoms with E-state index < -0.39 is 7.12 Å². The van der Waals surface area contributed by atoms with E-state index >= 15 is 0 Å². The van der Waals surface area contributed by atoms with E-state index in [1.807, 2.05) is 25.3 Å². The minimum absolute atomic E-state index is 0.349. The van der Waals surface area contributed by atoms with Gasteiger partial charge in [0.15, 0.2) is 0 Å². The normalized spacial score (nSPS) is 19.6. The minimum Gasteiger partial charge on any atom is -0.398 e. The highest BCUT2D eigenvalue weighted by Gasteiger charge is 2.52. The van der Waals surface area contributed by atoms with Crippen molar-refractivity contribution in [3.8, 4) is 5.69 Å². The van der Waals surface area contributed by atoms with Gasteiger partial charge in [-0.05, 0) is 53.2 Å². The second kappa shape index (κ2) is 4.96. The lowest BCUT2D eigenvalue weighted by Crippen LogP contribution is -2.41. The van der Waals surface area contributed by atoms with Crippen molar-refractivity contribution < 1.29 is 9.31 Å². The Morgan fingerprint density at radius 1 is 1.00 bits per heavy atom. The molecule has 2 heterocycles. The molecule has 0 aliphatic carbocycles. The molecule has 2 aromatic rings. The number of rotatable bonds is 2. The van der Waals surface area contributed by atoms with E-state index in [9.17, 15) is 0 Å². The summed E-state index contributed by atoms with van der Waals surface area (Å²) in [6.07, 6.45) is 2.01. The van der Waals surface area contributed by atoms with Crippen LogP contribution in [0.25, 0.3) is 5.69 Å². The third kappa shape index (κ3) is 2.38. The summed E-state index contributed by atoms with van der Waals surface area (Å²) >= 11 is 0. The van der Waals surface area contributed by atoms with Crippen molar-refractivity contribution in [1.82, 2.24) is 9.55 Å². The second-order valence-corrected chi connectivity index (χ2v) is 6.96. The van der Waals surface area contributed by atoms with Gasteiger partial charge in [-0.15, -0.1) is 0 Å². The molecule has 0 N–H and O–H groups in total. The molecule has 0 radical (unpaired) electrons. The van der Waals surface area contributed by atoms with Gasteiger partial charge in [-0.3, -0.25) is 0 Å². The molecule has 1 fully saturated rings. The molecule has 1 aliphatic heterocycles. The Balaban J connectivity index is 1.96. The first kappa shape index (κ1) is 15.3. The van der Waals surface area contributed by atoms with Crippen LogP contribution in [0.2, 0.25) is 0 Å². The Kier molecular flexibility index (Phi) is 3.46. The Hall–Kier alpha value is -1.59. The van der Waals surface area contributed by atoms with Crippen molar-refractivity contribution in [2.45, 2.75) is 52.7 Å². The van der Waals surface area contributed by atoms with Crippen LogP contribution in [-0.4, -0.2) is 27.9 Å². The molecule has 4 nitrogen and oxygen atoms in total. The molecule has 116 valence electrons. The average molecular weight is 298 g/mol. The molecule has 1 saturated heterocycles. The average Bonchev–Trinajstić information content (AvgIpc) is 2.89. The van der Waals surface area contributed by atoms with Gasteiger partial charge in [0.1, 0.15) is 5.82 Å². The number of para-hydroxylation sites is 1. The first-order valence-electron chi connectivity index (χ1n) is 7.69. The van der Waals surface area contributed by atoms with Gasteiger partial charge in [0.2, 0.25) is 0 Å². The molecule has 0 atom stereocenters. The Bertz CT molecular complexity index is 690. The van der Waals surface area contributed by atoms with Gasteiger partial charge < -0.3 is 13.9 Å². The van der Waals surface area contributed by atoms with Gasteiger partial charge in [-0.2, -0.15) is 0 Å². The predicted octanol–water partition coefficient (Wildman–Crippen LogP) is 2.79. The zero-order chi connectivity index (χ0) is 16.1. The summed E-state index contributed by atoms with van der Waals surface area (Å²) in [7, 11) is -0.422. The van der Waals surface area contributed by atoms with Crippen molar-refractivity contribution in [2.24, 2.45) is 0 Å². The molecule has 0 saturated carbocycles. The van der Waals surface area contributed by atoms with Crippen LogP contribution in [0.15, 0.2) is 30.5 Å². The van der Waals surface area contributed by atoms with E-state index in [0.29, 0.717) is 0 Å². The SMILES string of the molecule is Cc1ccccc1-n1cc(B2OC(C)(C)C(C)(C)O2)nc1C. The maximum Gasteiger partial charge on any atom is 0.516 e. The lowest BCUT2D eigenvalue weighted by molar-refractivity contribution is 0.00578. The summed E-state index contributed by atoms with van der Waals surface area (Å²) in [5.74, 6) is 0.930. The summed E-state index contributed by atoms with van der Waals surface area (Å²) in [5.41, 5.74) is 2.47. The fourth-order valence-corrected chi connectivity index (χ4v) is 2.65. The number of aromatic nitrogens is 2. The highest BCUT2D eigenvalue weighted by molar-refractivity contribution is 6.61. The minimum atomic E-state index is -0.422. The molecule has 3 rings (SSSR count). The number of aryl methyl sites for hydroxylation is 2. The van der Waals surface area contributed by atoms with Crippen LogP contribution in [0.1, 0.15) is 39.1 Å². The molecular weight excluding hydrogens is 275 g/mol. The molecule has 0 spiro atoms. The quantitative estimate of drug-likeness (QED) is 0.800. The molecule has 22 heavy (non-hydrogen) atoms. The van der Waals surface area contributed by atoms with Crippen LogP contribution in [-0.2, 0) is 9.31 Å². The number of nitrogens with zero attached hydrogens (tertiary/aromatic N) is 2. The molecule has 1 aromatic heterocycles. The molecular formula is C17H23BN2O2. The second-order valence-electron chi connectivity index (χ2n) is 6.96. The van der Waals surface area contributed by atoms with Crippen molar-refractivity contribution in [3.05, 3.63) is 41.9 Å². The first-order chi connectivity index (χ1) is 10.2. The van der Waals surface area contributed by atoms with Gasteiger partial charge in [0.05, 0.1) is 16.8 Å². The van der Waals surface area contributed by atoms with Crippen LogP contribution in [0.4, 0.5) is 0 Å². The highest BCUT2D eigenvalue weighted by Crippen LogP contribution is 2.36. The van der Waals surface area contributed by atoms with E-state index in [4.69, 9.17) is 9.31 Å². The van der Waals surface area contributed by atoms with E-state index in [0.717, 1.165) is 17.1 Å². The fraction of sp³-hybridized carbons (Fsp3) is 0.471. The summed E-state index contributed by atoms with van der Waals surface area (Å²) < 4.78 is 14.3. The van der Waals surface area contributed by atoms with Crippen LogP contribution < -0.4 is 5.59 Å². The van der Waals surface area contributed by atoms with Crippen molar-refractivity contribution in [3.63, 3.8) is 0 Å². The van der Waals surface area contributed by atoms with Crippen LogP contribution in [0, 0.1) is 13.8 Å². The Morgan fingerprint density at radius 2 is 1.59 bits per heavy atom. The predicted molar refractivity (Wildman–Crippen MR) is 88.8 cm³/mol. The first-order valence-corrected chi connectivity index (χ1v) is 7.69. The van der Waals surface area contributed by atoms with E-state index in [1.165, 1.54) is 5.56 Å². The van der Waals surface area contributed by atoms with Crippen LogP contribution in [0.3, 0.4) is 0 Å². The third-order valence-electron chi connectivity index (χ3n) is 4.77. The lowest BCUT2D eigenvalue weighted by atomic mass is 9.86. The number of benzene rings is 1. The molecule has 0 amide bonds. The van der Waals surface area contributed by atoms with Crippen molar-refractivity contribution in [2.75, 3.05) is 0 Å². The zero-order valence-electron chi connectivity index (χ0n) is 14.2. The molecule has 1 aromatic carbocycles. The van der Waals surface area contributed by atoms with Gasteiger partial charge in [0, 0.05) is 11.9 Å². The van der Waals surface area contributed by atoms with E-state index in [-0.39, 0.29) is 11.2 Å². The number of hydrogen-bond acceptors (Lipinski definition) is 3. The summed E-state index contributed by atoms with van der Waals surface area (Å²) in [6, 6.07) is 8.28. The third-order valence-corrected chi connectivity index (χ3v) is 4.77. The Morgan fingerprint density at radius 3 is 2.18 bits per heavy atom. The monoisotopic (exact) mass is 298 g/mol. The van der Waals surface area contributed by atoms with Gasteiger partial charge >= 0.3 is 7.12 Å². The van der Waals surface area contributed by atoms with Gasteiger partial charge in [0.25, 0.3) is 0 Å². The van der Waals surface area contributed by atoms with Crippen molar-refractivity contribution >= 4 is 12.7 Å². The standard InChI is InChI=1S/C17H23BN2O2/c1-12-9-7-8-10-14(12)20-11-15(19-13(20)2)18-21-16(3,4)17(5,6)22-18/h7-11H,1-6H3. The van der Waals surface area contributed by atoms with E-state index in [1.54, 1.807) is 0 Å². The number of hydrogen-bond donors (Lipinski definition) is 0. The smallest absolute Gasteiger partial charge is 0.398 e. The zero-order valence-corrected chi connectivity index (χ0v) is 14.2. The summed E-state index contributed by atoms with van der Waals surface area (Å²) in [5, 5.41) is 0. The van der Waals surface area contributed by atoms with Crippen molar-refractivity contribution in [1.29, 1.82) is 0 Å². The number of imidazole rings is 1. The summed E-state index contributed by atoms with van der Waals surface area (Å²) in [4.78, 5) is 4.65. The maximum absolute atomic E-state index is 6.09. The summed E-state index contributed by atoms with van der Waals surface area (Å²) in [6.45, 7) is 12.3. The molecule has 1 aliphatic rings. The largest absolute Gasteiger partial charge is 0.516 e. The molecule has 0 unspecified atom stereocenters. The lowest BCUT2D eigenvalue weighted by Gasteiger charge is -2.32. The highest BCUT2D eigenvalue weighted by atomic mass is 16.7. The van der Waals surface area contributed by atoms with Gasteiger partial charge in [-0.1, -0.05) is 18.2 Å². The fourth-order valence-electron chi connectivity index (χ4n) is 2.65. The Labute approximate surface area is 132 Å². The topological polar surface area (TPSA) is 36.3 Å². The molecule has 5 heteroatoms. The van der Waals surface area contributed by atoms with Crippen LogP contribution in [0.5, 0.6) is 0 Å². The van der Waals surface area contributed by atoms with E-state index in [2.05, 4.69) is 56.3 Å².